The van der Waals surface area contributed by atoms with Gasteiger partial charge >= 0.3 is 0 Å². The number of amides is 1. The van der Waals surface area contributed by atoms with Crippen LogP contribution in [0.3, 0.4) is 0 Å². The lowest BCUT2D eigenvalue weighted by molar-refractivity contribution is -0.116. The Bertz CT molecular complexity index is 1170. The summed E-state index contributed by atoms with van der Waals surface area (Å²) in [7, 11) is 0. The van der Waals surface area contributed by atoms with Gasteiger partial charge in [-0.1, -0.05) is 13.3 Å². The van der Waals surface area contributed by atoms with Gasteiger partial charge in [0, 0.05) is 36.4 Å². The number of benzene rings is 2. The molecule has 1 aromatic heterocycles. The number of hydrogen-bond acceptors (Lipinski definition) is 8. The highest BCUT2D eigenvalue weighted by Crippen LogP contribution is 2.25. The molecule has 0 unspecified atom stereocenters. The van der Waals surface area contributed by atoms with Crippen LogP contribution in [0.15, 0.2) is 48.8 Å². The van der Waals surface area contributed by atoms with Crippen molar-refractivity contribution in [1.29, 1.82) is 5.26 Å². The van der Waals surface area contributed by atoms with Gasteiger partial charge in [-0.15, -0.1) is 0 Å². The molecule has 9 heteroatoms. The Hall–Kier alpha value is -4.03. The Kier molecular flexibility index (Phi) is 7.63. The first-order valence-corrected chi connectivity index (χ1v) is 11.4. The Morgan fingerprint density at radius 2 is 1.94 bits per heavy atom. The lowest BCUT2D eigenvalue weighted by atomic mass is 10.1. The zero-order valence-electron chi connectivity index (χ0n) is 19.1. The molecule has 2 aromatic carbocycles. The lowest BCUT2D eigenvalue weighted by Gasteiger charge is -2.28. The van der Waals surface area contributed by atoms with Crippen molar-refractivity contribution in [1.82, 2.24) is 15.0 Å². The summed E-state index contributed by atoms with van der Waals surface area (Å²) in [4.78, 5) is 27.3. The van der Waals surface area contributed by atoms with Gasteiger partial charge in [0.1, 0.15) is 12.4 Å². The van der Waals surface area contributed by atoms with E-state index in [4.69, 9.17) is 4.74 Å². The molecule has 0 atom stereocenters. The highest BCUT2D eigenvalue weighted by atomic mass is 16.5. The number of anilines is 4. The molecule has 1 fully saturated rings. The summed E-state index contributed by atoms with van der Waals surface area (Å²) in [5, 5.41) is 15.6. The Morgan fingerprint density at radius 1 is 1.15 bits per heavy atom. The summed E-state index contributed by atoms with van der Waals surface area (Å²) >= 11 is 0. The molecule has 1 aliphatic heterocycles. The molecule has 0 spiro atoms. The van der Waals surface area contributed by atoms with Crippen LogP contribution < -0.4 is 15.5 Å². The molecule has 0 bridgehead atoms. The smallest absolute Gasteiger partial charge is 0.230 e. The summed E-state index contributed by atoms with van der Waals surface area (Å²) < 4.78 is 5.41. The molecule has 2 N–H and O–H groups in total. The van der Waals surface area contributed by atoms with Crippen LogP contribution in [0, 0.1) is 11.3 Å². The topological polar surface area (TPSA) is 116 Å². The normalized spacial score (nSPS) is 13.2. The van der Waals surface area contributed by atoms with Crippen molar-refractivity contribution in [2.45, 2.75) is 26.2 Å². The minimum absolute atomic E-state index is 0.0996. The molecule has 174 valence electrons. The van der Waals surface area contributed by atoms with E-state index in [2.05, 4.69) is 48.7 Å². The Morgan fingerprint density at radius 3 is 2.68 bits per heavy atom. The number of carbonyl (C=O) groups is 1. The van der Waals surface area contributed by atoms with Crippen molar-refractivity contribution >= 4 is 28.9 Å². The fraction of sp³-hybridized carbons (Fsp3) is 0.320. The highest BCUT2D eigenvalue weighted by molar-refractivity contribution is 5.92. The maximum absolute atomic E-state index is 12.1. The van der Waals surface area contributed by atoms with Gasteiger partial charge in [-0.25, -0.2) is 9.97 Å². The van der Waals surface area contributed by atoms with Crippen molar-refractivity contribution in [3.8, 4) is 17.5 Å². The molecule has 34 heavy (non-hydrogen) atoms. The second-order valence-corrected chi connectivity index (χ2v) is 7.93. The van der Waals surface area contributed by atoms with Gasteiger partial charge in [0.15, 0.2) is 5.82 Å². The van der Waals surface area contributed by atoms with E-state index in [1.165, 1.54) is 6.33 Å². The molecule has 4 rings (SSSR count). The van der Waals surface area contributed by atoms with E-state index in [0.29, 0.717) is 35.0 Å². The van der Waals surface area contributed by atoms with E-state index >= 15 is 0 Å². The average molecular weight is 458 g/mol. The summed E-state index contributed by atoms with van der Waals surface area (Å²) in [6.45, 7) is 5.28. The molecule has 1 amide bonds. The fourth-order valence-electron chi connectivity index (χ4n) is 3.64. The quantitative estimate of drug-likeness (QED) is 0.519. The predicted molar refractivity (Wildman–Crippen MR) is 131 cm³/mol. The second-order valence-electron chi connectivity index (χ2n) is 7.93. The highest BCUT2D eigenvalue weighted by Gasteiger charge is 2.12. The Labute approximate surface area is 198 Å². The standard InChI is InChI=1S/C25H27N7O2/c1-2-3-4-23(33)30-22-10-5-18(15-19(22)16-26)24-27-17-28-25(31-24)29-20-6-8-21(9-7-20)32-11-13-34-14-12-32/h5-10,15,17H,2-4,11-14H2,1H3,(H,30,33)(H,27,28,29,31). The minimum atomic E-state index is -0.0996. The number of nitrogens with zero attached hydrogens (tertiary/aromatic N) is 5. The lowest BCUT2D eigenvalue weighted by Crippen LogP contribution is -2.36. The van der Waals surface area contributed by atoms with Crippen LogP contribution in [0.2, 0.25) is 0 Å². The Balaban J connectivity index is 1.46. The van der Waals surface area contributed by atoms with Gasteiger partial charge in [-0.2, -0.15) is 10.2 Å². The predicted octanol–water partition coefficient (Wildman–Crippen LogP) is 4.12. The molecule has 0 radical (unpaired) electrons. The SMILES string of the molecule is CCCCC(=O)Nc1ccc(-c2ncnc(Nc3ccc(N4CCOCC4)cc3)n2)cc1C#N. The minimum Gasteiger partial charge on any atom is -0.378 e. The van der Waals surface area contributed by atoms with Crippen LogP contribution >= 0.6 is 0 Å². The number of unbranched alkanes of at least 4 members (excludes halogenated alkanes) is 1. The number of hydrogen-bond donors (Lipinski definition) is 2. The molecular weight excluding hydrogens is 430 g/mol. The van der Waals surface area contributed by atoms with E-state index in [1.807, 2.05) is 19.1 Å². The van der Waals surface area contributed by atoms with Crippen LogP contribution in [0.4, 0.5) is 23.0 Å². The number of nitrogens with one attached hydrogen (secondary N) is 2. The van der Waals surface area contributed by atoms with E-state index in [0.717, 1.165) is 50.5 Å². The summed E-state index contributed by atoms with van der Waals surface area (Å²) in [6.07, 6.45) is 3.60. The van der Waals surface area contributed by atoms with E-state index in [9.17, 15) is 10.1 Å². The van der Waals surface area contributed by atoms with Crippen molar-refractivity contribution in [2.75, 3.05) is 41.8 Å². The largest absolute Gasteiger partial charge is 0.378 e. The first-order valence-electron chi connectivity index (χ1n) is 11.4. The van der Waals surface area contributed by atoms with Crippen LogP contribution in [0.5, 0.6) is 0 Å². The maximum atomic E-state index is 12.1. The zero-order valence-corrected chi connectivity index (χ0v) is 19.1. The molecule has 9 nitrogen and oxygen atoms in total. The van der Waals surface area contributed by atoms with E-state index < -0.39 is 0 Å². The molecule has 2 heterocycles. The molecular formula is C25H27N7O2. The zero-order chi connectivity index (χ0) is 23.8. The van der Waals surface area contributed by atoms with Gasteiger partial charge in [0.25, 0.3) is 0 Å². The number of rotatable bonds is 8. The van der Waals surface area contributed by atoms with Crippen LogP contribution in [0.25, 0.3) is 11.4 Å². The molecule has 0 saturated carbocycles. The van der Waals surface area contributed by atoms with E-state index in [-0.39, 0.29) is 5.91 Å². The monoisotopic (exact) mass is 457 g/mol. The number of aromatic nitrogens is 3. The number of morpholine rings is 1. The van der Waals surface area contributed by atoms with Crippen LogP contribution in [-0.4, -0.2) is 47.2 Å². The average Bonchev–Trinajstić information content (AvgIpc) is 2.89. The number of carbonyl (C=O) groups excluding carboxylic acids is 1. The van der Waals surface area contributed by atoms with Gasteiger partial charge in [0.05, 0.1) is 24.5 Å². The maximum Gasteiger partial charge on any atom is 0.230 e. The third kappa shape index (κ3) is 5.85. The third-order valence-corrected chi connectivity index (χ3v) is 5.50. The first-order chi connectivity index (χ1) is 16.7. The van der Waals surface area contributed by atoms with Gasteiger partial charge in [0.2, 0.25) is 11.9 Å². The van der Waals surface area contributed by atoms with E-state index in [1.54, 1.807) is 18.2 Å². The third-order valence-electron chi connectivity index (χ3n) is 5.50. The van der Waals surface area contributed by atoms with Gasteiger partial charge in [-0.05, 0) is 48.9 Å². The fourth-order valence-corrected chi connectivity index (χ4v) is 3.64. The summed E-state index contributed by atoms with van der Waals surface area (Å²) in [6, 6.07) is 15.4. The van der Waals surface area contributed by atoms with Gasteiger partial charge in [-0.3, -0.25) is 4.79 Å². The van der Waals surface area contributed by atoms with Crippen molar-refractivity contribution < 1.29 is 9.53 Å². The van der Waals surface area contributed by atoms with Gasteiger partial charge < -0.3 is 20.3 Å². The van der Waals surface area contributed by atoms with Crippen molar-refractivity contribution in [3.05, 3.63) is 54.4 Å². The summed E-state index contributed by atoms with van der Waals surface area (Å²) in [5.41, 5.74) is 3.51. The molecule has 0 aliphatic carbocycles. The van der Waals surface area contributed by atoms with Crippen molar-refractivity contribution in [2.24, 2.45) is 0 Å². The molecule has 3 aromatic rings. The van der Waals surface area contributed by atoms with Crippen LogP contribution in [-0.2, 0) is 9.53 Å². The number of ether oxygens (including phenoxy) is 1. The molecule has 1 aliphatic rings. The molecule has 1 saturated heterocycles. The van der Waals surface area contributed by atoms with Crippen LogP contribution in [0.1, 0.15) is 31.7 Å². The number of nitriles is 1. The second kappa shape index (κ2) is 11.2. The summed E-state index contributed by atoms with van der Waals surface area (Å²) in [5.74, 6) is 0.736. The van der Waals surface area contributed by atoms with Crippen molar-refractivity contribution in [3.63, 3.8) is 0 Å². The first kappa shape index (κ1) is 23.1.